The Morgan fingerprint density at radius 2 is 2.17 bits per heavy atom. The van der Waals surface area contributed by atoms with Crippen molar-refractivity contribution >= 4 is 21.1 Å². The van der Waals surface area contributed by atoms with Crippen LogP contribution in [0.1, 0.15) is 57.1 Å². The Morgan fingerprint density at radius 1 is 1.33 bits per heavy atom. The molecule has 0 bridgehead atoms. The van der Waals surface area contributed by atoms with Gasteiger partial charge >= 0.3 is 0 Å². The lowest BCUT2D eigenvalue weighted by molar-refractivity contribution is 0.297. The molecule has 0 aliphatic carbocycles. The number of hydrogen-bond acceptors (Lipinski definition) is 7. The lowest BCUT2D eigenvalue weighted by Gasteiger charge is -2.19. The molecule has 1 aliphatic heterocycles. The minimum absolute atomic E-state index is 0.0683. The number of likely N-dealkylation sites (tertiary alicyclic amines) is 1. The summed E-state index contributed by atoms with van der Waals surface area (Å²) in [4.78, 5) is 22.4. The summed E-state index contributed by atoms with van der Waals surface area (Å²) in [7, 11) is -0.528. The van der Waals surface area contributed by atoms with Gasteiger partial charge in [-0.15, -0.1) is 0 Å². The molecule has 2 aromatic heterocycles. The van der Waals surface area contributed by atoms with E-state index in [9.17, 15) is 13.2 Å². The molecule has 0 amide bonds. The molecule has 196 valence electrons. The van der Waals surface area contributed by atoms with E-state index in [2.05, 4.69) is 24.7 Å². The van der Waals surface area contributed by atoms with Gasteiger partial charge in [0.1, 0.15) is 17.1 Å². The number of ether oxygens (including phenoxy) is 1. The predicted molar refractivity (Wildman–Crippen MR) is 140 cm³/mol. The third-order valence-electron chi connectivity index (χ3n) is 6.40. The smallest absolute Gasteiger partial charge is 0.277 e. The predicted octanol–water partition coefficient (Wildman–Crippen LogP) is 2.83. The van der Waals surface area contributed by atoms with Gasteiger partial charge in [-0.2, -0.15) is 5.10 Å². The molecule has 36 heavy (non-hydrogen) atoms. The largest absolute Gasteiger partial charge is 0.493 e. The first-order valence-electron chi connectivity index (χ1n) is 14.2. The van der Waals surface area contributed by atoms with Gasteiger partial charge in [0.15, 0.2) is 5.52 Å². The number of fused-ring (bicyclic) bond motifs is 1. The number of aromatic amines is 1. The first kappa shape index (κ1) is 21.3. The molecule has 2 N–H and O–H groups in total. The zero-order chi connectivity index (χ0) is 29.2. The van der Waals surface area contributed by atoms with Crippen LogP contribution in [-0.4, -0.2) is 65.8 Å². The van der Waals surface area contributed by atoms with Crippen LogP contribution in [0.3, 0.4) is 0 Å². The molecule has 0 radical (unpaired) electrons. The summed E-state index contributed by atoms with van der Waals surface area (Å²) >= 11 is 0. The van der Waals surface area contributed by atoms with Crippen LogP contribution in [0.15, 0.2) is 27.9 Å². The average molecular weight is 521 g/mol. The van der Waals surface area contributed by atoms with Crippen LogP contribution < -0.4 is 15.0 Å². The normalized spacial score (nSPS) is 19.6. The molecule has 1 saturated heterocycles. The molecule has 3 aromatic rings. The number of benzene rings is 1. The monoisotopic (exact) mass is 520 g/mol. The topological polar surface area (TPSA) is 122 Å². The van der Waals surface area contributed by atoms with E-state index < -0.39 is 29.0 Å². The van der Waals surface area contributed by atoms with Crippen LogP contribution >= 0.6 is 0 Å². The van der Waals surface area contributed by atoms with Crippen LogP contribution in [0.4, 0.5) is 0 Å². The van der Waals surface area contributed by atoms with Crippen LogP contribution in [0.5, 0.6) is 5.75 Å². The maximum Gasteiger partial charge on any atom is 0.277 e. The lowest BCUT2D eigenvalue weighted by Crippen LogP contribution is -2.31. The first-order chi connectivity index (χ1) is 18.8. The number of rotatable bonds is 11. The van der Waals surface area contributed by atoms with Gasteiger partial charge in [-0.3, -0.25) is 9.48 Å². The van der Waals surface area contributed by atoms with E-state index in [1.165, 1.54) is 22.9 Å². The summed E-state index contributed by atoms with van der Waals surface area (Å²) < 4.78 is 67.2. The lowest BCUT2D eigenvalue weighted by atomic mass is 10.1. The molecule has 1 fully saturated rings. The molecule has 3 heterocycles. The van der Waals surface area contributed by atoms with Gasteiger partial charge in [-0.05, 0) is 63.9 Å². The molecule has 2 atom stereocenters. The third kappa shape index (κ3) is 5.47. The average Bonchev–Trinajstić information content (AvgIpc) is 3.42. The Morgan fingerprint density at radius 3 is 2.89 bits per heavy atom. The minimum Gasteiger partial charge on any atom is -0.493 e. The van der Waals surface area contributed by atoms with E-state index in [1.54, 1.807) is 7.05 Å². The van der Waals surface area contributed by atoms with Gasteiger partial charge in [0, 0.05) is 25.1 Å². The molecule has 0 saturated carbocycles. The Labute approximate surface area is 217 Å². The second kappa shape index (κ2) is 11.1. The SMILES string of the molecule is [2H]C(CC1CCCN1C)NS(=O)(=O)c1ccc(OCCC)c(-c2nc3c(CCC([2H])([2H])[2H])nn(C)c3c(=O)[nH]2)c1. The second-order valence-electron chi connectivity index (χ2n) is 9.03. The van der Waals surface area contributed by atoms with E-state index in [4.69, 9.17) is 10.2 Å². The summed E-state index contributed by atoms with van der Waals surface area (Å²) in [6, 6.07) is 4.41. The van der Waals surface area contributed by atoms with Gasteiger partial charge in [-0.25, -0.2) is 18.1 Å². The van der Waals surface area contributed by atoms with Crippen molar-refractivity contribution in [1.82, 2.24) is 29.4 Å². The Balaban J connectivity index is 1.73. The number of H-pyrrole nitrogens is 1. The number of sulfonamides is 1. The maximum absolute atomic E-state index is 13.3. The molecule has 11 heteroatoms. The summed E-state index contributed by atoms with van der Waals surface area (Å²) in [5.41, 5.74) is 0.522. The van der Waals surface area contributed by atoms with Crippen molar-refractivity contribution in [2.45, 2.75) is 63.2 Å². The Bertz CT molecular complexity index is 1520. The van der Waals surface area contributed by atoms with Crippen molar-refractivity contribution in [3.63, 3.8) is 0 Å². The van der Waals surface area contributed by atoms with E-state index in [0.29, 0.717) is 30.9 Å². The van der Waals surface area contributed by atoms with Crippen LogP contribution in [0, 0.1) is 0 Å². The highest BCUT2D eigenvalue weighted by atomic mass is 32.2. The number of aromatic nitrogens is 4. The standard InChI is InChI=1S/C25H36N6O4S/c1-5-8-20-22-23(31(4)29-20)25(32)28-24(27-22)19-16-18(10-11-21(19)35-15-6-2)36(33,34)26-13-12-17-9-7-14-30(17)3/h10-11,16-17,26H,5-9,12-15H2,1-4H3,(H,27,28,32)/i1D3,13D. The third-order valence-corrected chi connectivity index (χ3v) is 7.75. The summed E-state index contributed by atoms with van der Waals surface area (Å²) in [6.07, 6.45) is 2.95. The Hall–Kier alpha value is -2.76. The van der Waals surface area contributed by atoms with Crippen LogP contribution in [0.2, 0.25) is 0 Å². The summed E-state index contributed by atoms with van der Waals surface area (Å²) in [5, 5.41) is 4.32. The molecule has 1 aromatic carbocycles. The van der Waals surface area contributed by atoms with Crippen LogP contribution in [-0.2, 0) is 23.5 Å². The minimum atomic E-state index is -4.08. The first-order valence-corrected chi connectivity index (χ1v) is 13.7. The van der Waals surface area contributed by atoms with Crippen molar-refractivity contribution in [1.29, 1.82) is 0 Å². The van der Waals surface area contributed by atoms with E-state index in [-0.39, 0.29) is 46.2 Å². The van der Waals surface area contributed by atoms with Crippen molar-refractivity contribution in [3.8, 4) is 17.1 Å². The van der Waals surface area contributed by atoms with Crippen molar-refractivity contribution < 1.29 is 18.6 Å². The van der Waals surface area contributed by atoms with Crippen molar-refractivity contribution in [3.05, 3.63) is 34.2 Å². The number of hydrogen-bond donors (Lipinski definition) is 2. The fraction of sp³-hybridized carbons (Fsp3) is 0.560. The van der Waals surface area contributed by atoms with Gasteiger partial charge < -0.3 is 14.6 Å². The Kier molecular flexibility index (Phi) is 6.58. The highest BCUT2D eigenvalue weighted by molar-refractivity contribution is 7.89. The number of aryl methyl sites for hydroxylation is 2. The molecule has 2 unspecified atom stereocenters. The molecular formula is C25H36N6O4S. The molecule has 0 spiro atoms. The zero-order valence-electron chi connectivity index (χ0n) is 24.9. The fourth-order valence-corrected chi connectivity index (χ4v) is 5.47. The van der Waals surface area contributed by atoms with Crippen LogP contribution in [0.25, 0.3) is 22.4 Å². The highest BCUT2D eigenvalue weighted by Gasteiger charge is 2.23. The maximum atomic E-state index is 13.3. The second-order valence-corrected chi connectivity index (χ2v) is 10.7. The van der Waals surface area contributed by atoms with E-state index in [1.807, 2.05) is 14.0 Å². The summed E-state index contributed by atoms with van der Waals surface area (Å²) in [5.74, 6) is 0.394. The van der Waals surface area contributed by atoms with Gasteiger partial charge in [0.05, 0.1) is 22.8 Å². The quantitative estimate of drug-likeness (QED) is 0.399. The molecular weight excluding hydrogens is 480 g/mol. The van der Waals surface area contributed by atoms with Gasteiger partial charge in [0.2, 0.25) is 10.0 Å². The molecule has 10 nitrogen and oxygen atoms in total. The molecule has 4 rings (SSSR count). The molecule has 1 aliphatic rings. The summed E-state index contributed by atoms with van der Waals surface area (Å²) in [6.45, 7) is 0.00699. The zero-order valence-corrected chi connectivity index (χ0v) is 21.7. The fourth-order valence-electron chi connectivity index (χ4n) is 4.50. The number of nitrogens with one attached hydrogen (secondary N) is 2. The van der Waals surface area contributed by atoms with Crippen molar-refractivity contribution in [2.24, 2.45) is 7.05 Å². The van der Waals surface area contributed by atoms with Gasteiger partial charge in [-0.1, -0.05) is 20.2 Å². The van der Waals surface area contributed by atoms with E-state index in [0.717, 1.165) is 19.4 Å². The number of nitrogens with zero attached hydrogens (tertiary/aromatic N) is 4. The van der Waals surface area contributed by atoms with Gasteiger partial charge in [0.25, 0.3) is 5.56 Å². The van der Waals surface area contributed by atoms with E-state index >= 15 is 0 Å². The van der Waals surface area contributed by atoms with Crippen molar-refractivity contribution in [2.75, 3.05) is 26.7 Å². The highest BCUT2D eigenvalue weighted by Crippen LogP contribution is 2.31.